The first-order chi connectivity index (χ1) is 19.8. The summed E-state index contributed by atoms with van der Waals surface area (Å²) in [5, 5.41) is 6.40. The van der Waals surface area contributed by atoms with E-state index in [0.29, 0.717) is 0 Å². The molecule has 9 nitrogen and oxygen atoms in total. The Morgan fingerprint density at radius 3 is 2.07 bits per heavy atom. The Morgan fingerprint density at radius 2 is 1.39 bits per heavy atom. The molecule has 1 aliphatic heterocycles. The predicted octanol–water partition coefficient (Wildman–Crippen LogP) is 3.15. The second-order valence-electron chi connectivity index (χ2n) is 10.0. The van der Waals surface area contributed by atoms with Gasteiger partial charge >= 0.3 is 0 Å². The molecule has 2 aliphatic rings. The molecule has 41 heavy (non-hydrogen) atoms. The van der Waals surface area contributed by atoms with Gasteiger partial charge in [-0.1, -0.05) is 66.7 Å². The van der Waals surface area contributed by atoms with Crippen molar-refractivity contribution in [2.24, 2.45) is 5.10 Å². The number of hydrogen-bond acceptors (Lipinski definition) is 6. The quantitative estimate of drug-likeness (QED) is 0.263. The van der Waals surface area contributed by atoms with Gasteiger partial charge in [-0.15, -0.1) is 0 Å². The zero-order chi connectivity index (χ0) is 28.6. The second-order valence-corrected chi connectivity index (χ2v) is 13.8. The van der Waals surface area contributed by atoms with Gasteiger partial charge in [0.2, 0.25) is 20.0 Å². The highest BCUT2D eigenvalue weighted by atomic mass is 32.2. The lowest BCUT2D eigenvalue weighted by molar-refractivity contribution is -0.125. The lowest BCUT2D eigenvalue weighted by Gasteiger charge is -2.38. The van der Waals surface area contributed by atoms with E-state index in [1.165, 1.54) is 47.0 Å². The highest BCUT2D eigenvalue weighted by molar-refractivity contribution is 7.89. The van der Waals surface area contributed by atoms with Gasteiger partial charge in [-0.05, 0) is 59.0 Å². The third-order valence-corrected chi connectivity index (χ3v) is 11.4. The van der Waals surface area contributed by atoms with Gasteiger partial charge in [0.05, 0.1) is 16.0 Å². The van der Waals surface area contributed by atoms with Crippen molar-refractivity contribution in [1.82, 2.24) is 14.0 Å². The van der Waals surface area contributed by atoms with Gasteiger partial charge in [0.25, 0.3) is 5.91 Å². The summed E-state index contributed by atoms with van der Waals surface area (Å²) in [5.41, 5.74) is 5.85. The predicted molar refractivity (Wildman–Crippen MR) is 156 cm³/mol. The Balaban J connectivity index is 1.29. The minimum absolute atomic E-state index is 0.0218. The van der Waals surface area contributed by atoms with Gasteiger partial charge in [0.1, 0.15) is 6.04 Å². The van der Waals surface area contributed by atoms with Crippen LogP contribution < -0.4 is 5.43 Å². The number of aryl methyl sites for hydroxylation is 2. The summed E-state index contributed by atoms with van der Waals surface area (Å²) < 4.78 is 56.1. The summed E-state index contributed by atoms with van der Waals surface area (Å²) in [6, 6.07) is 24.5. The first kappa shape index (κ1) is 27.3. The van der Waals surface area contributed by atoms with E-state index < -0.39 is 32.0 Å². The number of hydrazone groups is 1. The largest absolute Gasteiger partial charge is 0.271 e. The van der Waals surface area contributed by atoms with Crippen LogP contribution in [0.1, 0.15) is 16.7 Å². The molecule has 1 amide bonds. The maximum atomic E-state index is 13.6. The molecule has 0 spiro atoms. The molecule has 1 saturated heterocycles. The van der Waals surface area contributed by atoms with Gasteiger partial charge in [0, 0.05) is 25.2 Å². The van der Waals surface area contributed by atoms with Gasteiger partial charge in [-0.25, -0.2) is 22.3 Å². The van der Waals surface area contributed by atoms with Crippen LogP contribution in [0.25, 0.3) is 10.8 Å². The number of carbonyl (C=O) groups is 1. The van der Waals surface area contributed by atoms with Gasteiger partial charge in [-0.2, -0.15) is 13.7 Å². The van der Waals surface area contributed by atoms with E-state index in [0.717, 1.165) is 32.4 Å². The molecule has 0 bridgehead atoms. The summed E-state index contributed by atoms with van der Waals surface area (Å²) in [7, 11) is -8.06. The van der Waals surface area contributed by atoms with Crippen LogP contribution in [0.5, 0.6) is 0 Å². The maximum absolute atomic E-state index is 13.6. The van der Waals surface area contributed by atoms with Crippen LogP contribution in [-0.2, 0) is 37.7 Å². The van der Waals surface area contributed by atoms with E-state index in [-0.39, 0.29) is 29.4 Å². The van der Waals surface area contributed by atoms with Gasteiger partial charge < -0.3 is 0 Å². The number of carbonyl (C=O) groups excluding carboxylic acids is 1. The smallest absolute Gasteiger partial charge is 0.259 e. The second kappa shape index (κ2) is 10.8. The molecule has 0 saturated carbocycles. The van der Waals surface area contributed by atoms with Crippen LogP contribution in [0.3, 0.4) is 0 Å². The molecule has 4 aromatic carbocycles. The molecule has 11 heteroatoms. The topological polar surface area (TPSA) is 116 Å². The normalized spacial score (nSPS) is 18.2. The number of piperazine rings is 1. The molecule has 1 aliphatic carbocycles. The number of rotatable bonds is 7. The molecular weight excluding hydrogens is 560 g/mol. The summed E-state index contributed by atoms with van der Waals surface area (Å²) in [4.78, 5) is 13.6. The van der Waals surface area contributed by atoms with Crippen LogP contribution in [0.2, 0.25) is 0 Å². The number of hydrogen-bond donors (Lipinski definition) is 1. The van der Waals surface area contributed by atoms with Crippen LogP contribution in [0.4, 0.5) is 0 Å². The average Bonchev–Trinajstić information content (AvgIpc) is 3.43. The van der Waals surface area contributed by atoms with Crippen molar-refractivity contribution in [2.45, 2.75) is 28.7 Å². The molecule has 0 aromatic heterocycles. The fourth-order valence-corrected chi connectivity index (χ4v) is 8.60. The number of sulfonamides is 2. The van der Waals surface area contributed by atoms with Crippen molar-refractivity contribution in [3.8, 4) is 0 Å². The summed E-state index contributed by atoms with van der Waals surface area (Å²) in [6.45, 7) is -0.650. The molecule has 1 N–H and O–H groups in total. The van der Waals surface area contributed by atoms with Gasteiger partial charge in [-0.3, -0.25) is 4.79 Å². The molecular formula is C30H28N4O5S2. The van der Waals surface area contributed by atoms with Crippen LogP contribution in [-0.4, -0.2) is 63.2 Å². The Morgan fingerprint density at radius 1 is 0.756 bits per heavy atom. The molecule has 1 fully saturated rings. The van der Waals surface area contributed by atoms with Crippen molar-refractivity contribution in [3.05, 3.63) is 108 Å². The van der Waals surface area contributed by atoms with Crippen molar-refractivity contribution in [1.29, 1.82) is 0 Å². The molecule has 0 unspecified atom stereocenters. The first-order valence-corrected chi connectivity index (χ1v) is 16.1. The van der Waals surface area contributed by atoms with E-state index in [2.05, 4.69) is 22.7 Å². The molecule has 210 valence electrons. The van der Waals surface area contributed by atoms with Gasteiger partial charge in [0.15, 0.2) is 0 Å². The minimum Gasteiger partial charge on any atom is -0.271 e. The van der Waals surface area contributed by atoms with E-state index >= 15 is 0 Å². The molecule has 6 rings (SSSR count). The van der Waals surface area contributed by atoms with E-state index in [4.69, 9.17) is 0 Å². The van der Waals surface area contributed by atoms with Crippen molar-refractivity contribution in [2.75, 3.05) is 19.6 Å². The third kappa shape index (κ3) is 5.06. The Labute approximate surface area is 239 Å². The molecule has 0 radical (unpaired) electrons. The van der Waals surface area contributed by atoms with Crippen molar-refractivity contribution >= 4 is 42.9 Å². The highest BCUT2D eigenvalue weighted by Gasteiger charge is 2.43. The number of nitrogens with one attached hydrogen (secondary N) is 1. The monoisotopic (exact) mass is 588 g/mol. The van der Waals surface area contributed by atoms with Crippen molar-refractivity contribution < 1.29 is 21.6 Å². The fourth-order valence-electron chi connectivity index (χ4n) is 5.55. The third-order valence-electron chi connectivity index (χ3n) is 7.62. The zero-order valence-corrected chi connectivity index (χ0v) is 23.7. The summed E-state index contributed by atoms with van der Waals surface area (Å²) in [5.74, 6) is -0.723. The standard InChI is InChI=1S/C30H28N4O5S2/c35-30(32-31-20-24-17-16-23-15-14-22-8-7-13-27(24)29(22)23)28-21-33(40(36,37)25-9-3-1-4-10-25)18-19-34(28)41(38,39)26-11-5-2-6-12-26/h1-13,16-17,20,28H,14-15,18-19,21H2,(H,32,35)/b31-20-/t28-/m1/s1. The lowest BCUT2D eigenvalue weighted by atomic mass is 10.0. The average molecular weight is 589 g/mol. The van der Waals surface area contributed by atoms with E-state index in [1.807, 2.05) is 18.2 Å². The number of nitrogens with zero attached hydrogens (tertiary/aromatic N) is 3. The van der Waals surface area contributed by atoms with Crippen LogP contribution in [0.15, 0.2) is 106 Å². The number of benzene rings is 4. The number of amides is 1. The van der Waals surface area contributed by atoms with Crippen LogP contribution in [0, 0.1) is 0 Å². The zero-order valence-electron chi connectivity index (χ0n) is 22.0. The van der Waals surface area contributed by atoms with Crippen LogP contribution >= 0.6 is 0 Å². The molecule has 1 heterocycles. The first-order valence-electron chi connectivity index (χ1n) is 13.3. The minimum atomic E-state index is -4.10. The Hall–Kier alpha value is -3.90. The molecule has 4 aromatic rings. The van der Waals surface area contributed by atoms with E-state index in [9.17, 15) is 21.6 Å². The Kier molecular flexibility index (Phi) is 7.20. The summed E-state index contributed by atoms with van der Waals surface area (Å²) >= 11 is 0. The Bertz CT molecular complexity index is 1850. The highest BCUT2D eigenvalue weighted by Crippen LogP contribution is 2.32. The maximum Gasteiger partial charge on any atom is 0.259 e. The fraction of sp³-hybridized carbons (Fsp3) is 0.200. The lowest BCUT2D eigenvalue weighted by Crippen LogP contribution is -2.60. The molecule has 1 atom stereocenters. The van der Waals surface area contributed by atoms with E-state index in [1.54, 1.807) is 36.4 Å². The summed E-state index contributed by atoms with van der Waals surface area (Å²) in [6.07, 6.45) is 3.51. The SMILES string of the molecule is O=C(N/N=C\c1ccc2c3c(cccc13)CC2)[C@H]1CN(S(=O)(=O)c2ccccc2)CCN1S(=O)(=O)c1ccccc1. The van der Waals surface area contributed by atoms with Crippen molar-refractivity contribution in [3.63, 3.8) is 0 Å².